The second-order valence-corrected chi connectivity index (χ2v) is 12.8. The number of nitrogens with two attached hydrogens (primary N) is 1. The van der Waals surface area contributed by atoms with Crippen LogP contribution in [0, 0.1) is 5.92 Å². The number of benzene rings is 1. The zero-order chi connectivity index (χ0) is 28.6. The number of nitrogens with one attached hydrogen (secondary N) is 1. The Labute approximate surface area is 244 Å². The molecule has 0 unspecified atom stereocenters. The van der Waals surface area contributed by atoms with Crippen LogP contribution in [0.25, 0.3) is 0 Å². The van der Waals surface area contributed by atoms with Gasteiger partial charge in [-0.25, -0.2) is 4.79 Å². The summed E-state index contributed by atoms with van der Waals surface area (Å²) in [5, 5.41) is 4.38. The Hall–Kier alpha value is -2.32. The van der Waals surface area contributed by atoms with Crippen molar-refractivity contribution in [2.45, 2.75) is 108 Å². The first-order valence-electron chi connectivity index (χ1n) is 15.3. The van der Waals surface area contributed by atoms with Crippen molar-refractivity contribution in [2.24, 2.45) is 11.7 Å². The summed E-state index contributed by atoms with van der Waals surface area (Å²) in [7, 11) is 3.68. The Morgan fingerprint density at radius 1 is 0.925 bits per heavy atom. The maximum absolute atomic E-state index is 14.0. The van der Waals surface area contributed by atoms with Crippen molar-refractivity contribution < 1.29 is 14.4 Å². The van der Waals surface area contributed by atoms with Crippen LogP contribution in [0.15, 0.2) is 24.3 Å². The van der Waals surface area contributed by atoms with E-state index in [2.05, 4.69) is 10.2 Å². The number of carbonyl (C=O) groups is 3. The molecule has 0 spiro atoms. The minimum atomic E-state index is -0.326. The molecule has 3 aliphatic rings. The first kappa shape index (κ1) is 30.6. The highest BCUT2D eigenvalue weighted by molar-refractivity contribution is 6.30. The van der Waals surface area contributed by atoms with Gasteiger partial charge in [0.05, 0.1) is 6.04 Å². The lowest BCUT2D eigenvalue weighted by Gasteiger charge is -2.45. The van der Waals surface area contributed by atoms with E-state index >= 15 is 0 Å². The Kier molecular flexibility index (Phi) is 11.1. The number of hydrogen-bond donors (Lipinski definition) is 2. The summed E-state index contributed by atoms with van der Waals surface area (Å²) in [6, 6.07) is 8.23. The Morgan fingerprint density at radius 2 is 1.52 bits per heavy atom. The number of piperidine rings is 1. The van der Waals surface area contributed by atoms with Crippen molar-refractivity contribution in [3.63, 3.8) is 0 Å². The number of rotatable bonds is 9. The van der Waals surface area contributed by atoms with Crippen LogP contribution in [0.3, 0.4) is 0 Å². The number of primary amides is 1. The number of hydrogen-bond acceptors (Lipinski definition) is 4. The average molecular weight is 574 g/mol. The third-order valence-corrected chi connectivity index (χ3v) is 9.42. The molecule has 1 aromatic carbocycles. The molecule has 1 aliphatic heterocycles. The zero-order valence-electron chi connectivity index (χ0n) is 24.3. The maximum atomic E-state index is 14.0. The van der Waals surface area contributed by atoms with Gasteiger partial charge >= 0.3 is 6.03 Å². The van der Waals surface area contributed by atoms with Gasteiger partial charge in [-0.2, -0.15) is 0 Å². The van der Waals surface area contributed by atoms with Crippen LogP contribution in [0.2, 0.25) is 5.02 Å². The molecule has 0 radical (unpaired) electrons. The van der Waals surface area contributed by atoms with E-state index in [9.17, 15) is 14.4 Å². The number of urea groups is 1. The van der Waals surface area contributed by atoms with Crippen LogP contribution in [-0.2, 0) is 16.0 Å². The predicted octanol–water partition coefficient (Wildman–Crippen LogP) is 4.58. The highest BCUT2D eigenvalue weighted by Crippen LogP contribution is 2.30. The number of amides is 4. The summed E-state index contributed by atoms with van der Waals surface area (Å²) in [5.41, 5.74) is 6.50. The minimum Gasteiger partial charge on any atom is -0.370 e. The molecule has 1 aromatic rings. The molecular weight excluding hydrogens is 526 g/mol. The van der Waals surface area contributed by atoms with E-state index in [1.807, 2.05) is 43.3 Å². The fourth-order valence-corrected chi connectivity index (χ4v) is 7.09. The topological polar surface area (TPSA) is 99.0 Å². The molecule has 0 bridgehead atoms. The third kappa shape index (κ3) is 8.35. The van der Waals surface area contributed by atoms with Gasteiger partial charge < -0.3 is 25.8 Å². The number of halogens is 1. The molecule has 1 heterocycles. The molecule has 3 N–H and O–H groups in total. The standard InChI is InChI=1S/C31H48ClN5O3/c1-35(2)31(40)37(26-6-4-3-5-7-26)27-16-18-36(19-17-27)30(39)28(20-22-8-12-24(32)13-9-22)34-25-14-10-23(11-15-25)21-29(33)38/h8-9,12-13,23,25-28,34H,3-7,10-11,14-21H2,1-2H3,(H2,33,38)/t23?,25?,28-/m1/s1. The molecular formula is C31H48ClN5O3. The number of likely N-dealkylation sites (tertiary alicyclic amines) is 1. The van der Waals surface area contributed by atoms with Crippen LogP contribution < -0.4 is 11.1 Å². The molecule has 9 heteroatoms. The molecule has 222 valence electrons. The van der Waals surface area contributed by atoms with Crippen LogP contribution in [0.5, 0.6) is 0 Å². The van der Waals surface area contributed by atoms with Crippen LogP contribution >= 0.6 is 11.6 Å². The van der Waals surface area contributed by atoms with E-state index in [1.54, 1.807) is 4.90 Å². The van der Waals surface area contributed by atoms with E-state index < -0.39 is 0 Å². The average Bonchev–Trinajstić information content (AvgIpc) is 2.95. The van der Waals surface area contributed by atoms with E-state index in [1.165, 1.54) is 19.3 Å². The highest BCUT2D eigenvalue weighted by atomic mass is 35.5. The van der Waals surface area contributed by atoms with Crippen molar-refractivity contribution in [1.82, 2.24) is 20.0 Å². The number of nitrogens with zero attached hydrogens (tertiary/aromatic N) is 3. The monoisotopic (exact) mass is 573 g/mol. The Balaban J connectivity index is 1.40. The van der Waals surface area contributed by atoms with E-state index in [0.29, 0.717) is 42.9 Å². The van der Waals surface area contributed by atoms with Gasteiger partial charge in [0.1, 0.15) is 0 Å². The maximum Gasteiger partial charge on any atom is 0.319 e. The van der Waals surface area contributed by atoms with Crippen LogP contribution in [-0.4, -0.2) is 83.9 Å². The Morgan fingerprint density at radius 3 is 2.10 bits per heavy atom. The van der Waals surface area contributed by atoms with Crippen molar-refractivity contribution in [1.29, 1.82) is 0 Å². The van der Waals surface area contributed by atoms with Gasteiger partial charge in [0.2, 0.25) is 11.8 Å². The minimum absolute atomic E-state index is 0.103. The molecule has 3 fully saturated rings. The summed E-state index contributed by atoms with van der Waals surface area (Å²) in [4.78, 5) is 44.4. The zero-order valence-corrected chi connectivity index (χ0v) is 25.1. The van der Waals surface area contributed by atoms with E-state index in [-0.39, 0.29) is 36.0 Å². The summed E-state index contributed by atoms with van der Waals surface area (Å²) in [5.74, 6) is 0.248. The second kappa shape index (κ2) is 14.5. The first-order chi connectivity index (χ1) is 19.2. The molecule has 2 saturated carbocycles. The molecule has 8 nitrogen and oxygen atoms in total. The van der Waals surface area contributed by atoms with Gasteiger partial charge in [-0.3, -0.25) is 9.59 Å². The van der Waals surface area contributed by atoms with Gasteiger partial charge in [0.25, 0.3) is 0 Å². The molecule has 40 heavy (non-hydrogen) atoms. The largest absolute Gasteiger partial charge is 0.370 e. The van der Waals surface area contributed by atoms with Gasteiger partial charge in [-0.15, -0.1) is 0 Å². The number of carbonyl (C=O) groups excluding carboxylic acids is 3. The summed E-state index contributed by atoms with van der Waals surface area (Å²) >= 11 is 6.12. The summed E-state index contributed by atoms with van der Waals surface area (Å²) in [6.07, 6.45) is 12.2. The van der Waals surface area contributed by atoms with Gasteiger partial charge in [-0.1, -0.05) is 43.0 Å². The smallest absolute Gasteiger partial charge is 0.319 e. The van der Waals surface area contributed by atoms with Crippen LogP contribution in [0.1, 0.15) is 82.6 Å². The molecule has 1 saturated heterocycles. The molecule has 0 aromatic heterocycles. The molecule has 2 aliphatic carbocycles. The highest BCUT2D eigenvalue weighted by Gasteiger charge is 2.37. The van der Waals surface area contributed by atoms with Crippen molar-refractivity contribution in [2.75, 3.05) is 27.2 Å². The van der Waals surface area contributed by atoms with Crippen molar-refractivity contribution in [3.8, 4) is 0 Å². The van der Waals surface area contributed by atoms with E-state index in [4.69, 9.17) is 17.3 Å². The SMILES string of the molecule is CN(C)C(=O)N(C1CCCCC1)C1CCN(C(=O)[C@@H](Cc2ccc(Cl)cc2)NC2CCC(CC(N)=O)CC2)CC1. The van der Waals surface area contributed by atoms with Gasteiger partial charge in [-0.05, 0) is 81.4 Å². The molecule has 4 rings (SSSR count). The van der Waals surface area contributed by atoms with Crippen molar-refractivity contribution >= 4 is 29.4 Å². The van der Waals surface area contributed by atoms with Crippen molar-refractivity contribution in [3.05, 3.63) is 34.9 Å². The van der Waals surface area contributed by atoms with E-state index in [0.717, 1.165) is 56.9 Å². The lowest BCUT2D eigenvalue weighted by molar-refractivity contribution is -0.135. The first-order valence-corrected chi connectivity index (χ1v) is 15.7. The fourth-order valence-electron chi connectivity index (χ4n) is 6.96. The van der Waals surface area contributed by atoms with Gasteiger partial charge in [0.15, 0.2) is 0 Å². The quantitative estimate of drug-likeness (QED) is 0.451. The normalized spacial score (nSPS) is 23.4. The summed E-state index contributed by atoms with van der Waals surface area (Å²) < 4.78 is 0. The molecule has 1 atom stereocenters. The Bertz CT molecular complexity index is 981. The predicted molar refractivity (Wildman–Crippen MR) is 159 cm³/mol. The van der Waals surface area contributed by atoms with Crippen LogP contribution in [0.4, 0.5) is 4.79 Å². The molecule has 4 amide bonds. The second-order valence-electron chi connectivity index (χ2n) is 12.4. The van der Waals surface area contributed by atoms with Gasteiger partial charge in [0, 0.05) is 56.8 Å². The summed E-state index contributed by atoms with van der Waals surface area (Å²) in [6.45, 7) is 1.33. The third-order valence-electron chi connectivity index (χ3n) is 9.17. The lowest BCUT2D eigenvalue weighted by atomic mass is 9.83. The lowest BCUT2D eigenvalue weighted by Crippen LogP contribution is -2.58. The fraction of sp³-hybridized carbons (Fsp3) is 0.710.